The van der Waals surface area contributed by atoms with E-state index in [1.807, 2.05) is 13.8 Å². The van der Waals surface area contributed by atoms with Crippen LogP contribution in [0.4, 0.5) is 13.2 Å². The molecule has 2 atom stereocenters. The maximum atomic E-state index is 12.9. The van der Waals surface area contributed by atoms with Crippen LogP contribution in [-0.2, 0) is 6.18 Å². The van der Waals surface area contributed by atoms with Gasteiger partial charge in [0.1, 0.15) is 6.04 Å². The number of nitrogens with zero attached hydrogens (tertiary/aromatic N) is 2. The first kappa shape index (κ1) is 19.7. The summed E-state index contributed by atoms with van der Waals surface area (Å²) in [6, 6.07) is 7.15. The molecular weight excluding hydrogens is 375 g/mol. The highest BCUT2D eigenvalue weighted by molar-refractivity contribution is 5.91. The van der Waals surface area contributed by atoms with E-state index in [2.05, 4.69) is 15.5 Å². The van der Waals surface area contributed by atoms with E-state index in [1.54, 1.807) is 6.07 Å². The number of aromatic nitrogens is 2. The lowest BCUT2D eigenvalue weighted by Crippen LogP contribution is -2.32. The molecule has 28 heavy (non-hydrogen) atoms. The molecule has 2 heterocycles. The maximum absolute atomic E-state index is 12.9. The van der Waals surface area contributed by atoms with E-state index in [4.69, 9.17) is 8.94 Å². The fourth-order valence-electron chi connectivity index (χ4n) is 2.62. The molecule has 6 nitrogen and oxygen atoms in total. The van der Waals surface area contributed by atoms with Crippen molar-refractivity contribution in [3.05, 3.63) is 59.9 Å². The molecule has 3 aromatic rings. The number of hydrogen-bond donors (Lipinski definition) is 1. The first-order valence-electron chi connectivity index (χ1n) is 8.65. The lowest BCUT2D eigenvalue weighted by Gasteiger charge is -2.20. The van der Waals surface area contributed by atoms with E-state index in [-0.39, 0.29) is 29.0 Å². The molecule has 1 N–H and O–H groups in total. The number of carbonyl (C=O) groups is 1. The van der Waals surface area contributed by atoms with Crippen molar-refractivity contribution in [2.75, 3.05) is 0 Å². The summed E-state index contributed by atoms with van der Waals surface area (Å²) in [5.74, 6) is -0.253. The Bertz CT molecular complexity index is 935. The Morgan fingerprint density at radius 2 is 2.04 bits per heavy atom. The Kier molecular flexibility index (Phi) is 5.53. The van der Waals surface area contributed by atoms with Crippen molar-refractivity contribution < 1.29 is 26.9 Å². The fourth-order valence-corrected chi connectivity index (χ4v) is 2.62. The molecule has 148 valence electrons. The van der Waals surface area contributed by atoms with Crippen LogP contribution in [0.3, 0.4) is 0 Å². The van der Waals surface area contributed by atoms with Gasteiger partial charge < -0.3 is 14.3 Å². The number of rotatable bonds is 6. The lowest BCUT2D eigenvalue weighted by molar-refractivity contribution is -0.137. The Morgan fingerprint density at radius 3 is 2.68 bits per heavy atom. The molecule has 1 amide bonds. The van der Waals surface area contributed by atoms with Crippen molar-refractivity contribution in [1.82, 2.24) is 15.5 Å². The van der Waals surface area contributed by atoms with Gasteiger partial charge in [-0.05, 0) is 30.2 Å². The van der Waals surface area contributed by atoms with Crippen LogP contribution in [0.25, 0.3) is 11.4 Å². The zero-order valence-corrected chi connectivity index (χ0v) is 15.2. The van der Waals surface area contributed by atoms with Gasteiger partial charge in [0.05, 0.1) is 11.8 Å². The summed E-state index contributed by atoms with van der Waals surface area (Å²) in [6.45, 7) is 3.82. The highest BCUT2D eigenvalue weighted by Gasteiger charge is 2.31. The minimum Gasteiger partial charge on any atom is -0.459 e. The van der Waals surface area contributed by atoms with Gasteiger partial charge in [0.15, 0.2) is 5.76 Å². The number of halogens is 3. The van der Waals surface area contributed by atoms with Crippen LogP contribution in [0.1, 0.15) is 48.3 Å². The van der Waals surface area contributed by atoms with Gasteiger partial charge in [-0.2, -0.15) is 18.2 Å². The van der Waals surface area contributed by atoms with E-state index >= 15 is 0 Å². The van der Waals surface area contributed by atoms with Gasteiger partial charge >= 0.3 is 6.18 Å². The summed E-state index contributed by atoms with van der Waals surface area (Å²) in [5, 5.41) is 6.57. The van der Waals surface area contributed by atoms with Crippen molar-refractivity contribution in [2.45, 2.75) is 32.5 Å². The molecule has 0 fully saturated rings. The van der Waals surface area contributed by atoms with Crippen LogP contribution >= 0.6 is 0 Å². The summed E-state index contributed by atoms with van der Waals surface area (Å²) < 4.78 is 49.1. The molecule has 0 aliphatic rings. The molecule has 0 saturated carbocycles. The SMILES string of the molecule is CC[C@H](C)[C@@H](NC(=O)c1ccco1)c1nc(-c2cccc(C(F)(F)F)c2)no1. The van der Waals surface area contributed by atoms with E-state index in [9.17, 15) is 18.0 Å². The average Bonchev–Trinajstić information content (AvgIpc) is 3.36. The monoisotopic (exact) mass is 393 g/mol. The normalized spacial score (nSPS) is 13.9. The van der Waals surface area contributed by atoms with Gasteiger partial charge in [0, 0.05) is 5.56 Å². The molecule has 9 heteroatoms. The first-order valence-corrected chi connectivity index (χ1v) is 8.65. The molecule has 0 aliphatic carbocycles. The summed E-state index contributed by atoms with van der Waals surface area (Å²) in [6.07, 6.45) is -2.39. The smallest absolute Gasteiger partial charge is 0.416 e. The van der Waals surface area contributed by atoms with Crippen molar-refractivity contribution in [3.8, 4) is 11.4 Å². The third kappa shape index (κ3) is 4.24. The van der Waals surface area contributed by atoms with Crippen LogP contribution in [0.15, 0.2) is 51.6 Å². The Hall–Kier alpha value is -3.10. The summed E-state index contributed by atoms with van der Waals surface area (Å²) in [4.78, 5) is 16.5. The van der Waals surface area contributed by atoms with E-state index in [1.165, 1.54) is 24.5 Å². The minimum absolute atomic E-state index is 0.0154. The van der Waals surface area contributed by atoms with Crippen LogP contribution in [0, 0.1) is 5.92 Å². The van der Waals surface area contributed by atoms with Crippen molar-refractivity contribution >= 4 is 5.91 Å². The second-order valence-corrected chi connectivity index (χ2v) is 6.35. The molecular formula is C19H18F3N3O3. The highest BCUT2D eigenvalue weighted by Crippen LogP contribution is 2.32. The summed E-state index contributed by atoms with van der Waals surface area (Å²) >= 11 is 0. The minimum atomic E-state index is -4.47. The van der Waals surface area contributed by atoms with Crippen LogP contribution in [-0.4, -0.2) is 16.0 Å². The van der Waals surface area contributed by atoms with Gasteiger partial charge in [0.25, 0.3) is 5.91 Å². The lowest BCUT2D eigenvalue weighted by atomic mass is 9.99. The number of alkyl halides is 3. The predicted molar refractivity (Wildman–Crippen MR) is 93.1 cm³/mol. The molecule has 0 unspecified atom stereocenters. The standard InChI is InChI=1S/C19H18F3N3O3/c1-3-11(2)15(23-17(26)14-8-5-9-27-14)18-24-16(25-28-18)12-6-4-7-13(10-12)19(20,21)22/h4-11,15H,3H2,1-2H3,(H,23,26)/t11-,15+/m0/s1. The molecule has 2 aromatic heterocycles. The van der Waals surface area contributed by atoms with Crippen molar-refractivity contribution in [1.29, 1.82) is 0 Å². The summed E-state index contributed by atoms with van der Waals surface area (Å²) in [5.41, 5.74) is -0.633. The molecule has 0 aliphatic heterocycles. The largest absolute Gasteiger partial charge is 0.459 e. The van der Waals surface area contributed by atoms with Gasteiger partial charge in [0.2, 0.25) is 11.7 Å². The maximum Gasteiger partial charge on any atom is 0.416 e. The van der Waals surface area contributed by atoms with E-state index in [0.717, 1.165) is 12.1 Å². The van der Waals surface area contributed by atoms with E-state index < -0.39 is 23.7 Å². The zero-order valence-electron chi connectivity index (χ0n) is 15.2. The fraction of sp³-hybridized carbons (Fsp3) is 0.316. The summed E-state index contributed by atoms with van der Waals surface area (Å²) in [7, 11) is 0. The number of hydrogen-bond acceptors (Lipinski definition) is 5. The number of benzene rings is 1. The quantitative estimate of drug-likeness (QED) is 0.646. The number of amides is 1. The highest BCUT2D eigenvalue weighted by atomic mass is 19.4. The molecule has 3 rings (SSSR count). The van der Waals surface area contributed by atoms with Crippen LogP contribution in [0.5, 0.6) is 0 Å². The average molecular weight is 393 g/mol. The predicted octanol–water partition coefficient (Wildman–Crippen LogP) is 4.87. The zero-order chi connectivity index (χ0) is 20.3. The molecule has 0 saturated heterocycles. The Labute approximate surface area is 158 Å². The molecule has 0 spiro atoms. The topological polar surface area (TPSA) is 81.2 Å². The third-order valence-corrected chi connectivity index (χ3v) is 4.40. The molecule has 0 radical (unpaired) electrons. The molecule has 0 bridgehead atoms. The van der Waals surface area contributed by atoms with Crippen LogP contribution < -0.4 is 5.32 Å². The van der Waals surface area contributed by atoms with Crippen molar-refractivity contribution in [3.63, 3.8) is 0 Å². The third-order valence-electron chi connectivity index (χ3n) is 4.40. The number of nitrogens with one attached hydrogen (secondary N) is 1. The van der Waals surface area contributed by atoms with Crippen molar-refractivity contribution in [2.24, 2.45) is 5.92 Å². The van der Waals surface area contributed by atoms with E-state index in [0.29, 0.717) is 6.42 Å². The second-order valence-electron chi connectivity index (χ2n) is 6.35. The first-order chi connectivity index (χ1) is 13.3. The van der Waals surface area contributed by atoms with Gasteiger partial charge in [-0.15, -0.1) is 0 Å². The second kappa shape index (κ2) is 7.87. The molecule has 1 aromatic carbocycles. The van der Waals surface area contributed by atoms with Crippen LogP contribution in [0.2, 0.25) is 0 Å². The number of carbonyl (C=O) groups excluding carboxylic acids is 1. The van der Waals surface area contributed by atoms with Gasteiger partial charge in [-0.25, -0.2) is 0 Å². The number of furan rings is 1. The Balaban J connectivity index is 1.87. The van der Waals surface area contributed by atoms with Gasteiger partial charge in [-0.1, -0.05) is 37.6 Å². The van der Waals surface area contributed by atoms with Gasteiger partial charge in [-0.3, -0.25) is 4.79 Å². The Morgan fingerprint density at radius 1 is 1.25 bits per heavy atom.